The van der Waals surface area contributed by atoms with E-state index in [2.05, 4.69) is 9.62 Å². The molecule has 1 heterocycles. The van der Waals surface area contributed by atoms with Gasteiger partial charge in [-0.1, -0.05) is 48.0 Å². The van der Waals surface area contributed by atoms with Gasteiger partial charge in [-0.05, 0) is 48.9 Å². The topological polar surface area (TPSA) is 69.7 Å². The maximum atomic E-state index is 13.3. The van der Waals surface area contributed by atoms with Gasteiger partial charge in [-0.15, -0.1) is 0 Å². The SMILES string of the molecule is Cc1ccc(Cl)cc1N1CCN(C(=O)c2ccccc2NS(=O)(=O)c2ccccc2)CC1. The standard InChI is InChI=1S/C24H24ClN3O3S/c1-18-11-12-19(25)17-23(18)27-13-15-28(16-14-27)24(29)21-9-5-6-10-22(21)26-32(30,31)20-7-3-2-4-8-20/h2-12,17,26H,13-16H2,1H3. The van der Waals surface area contributed by atoms with E-state index in [1.807, 2.05) is 25.1 Å². The lowest BCUT2D eigenvalue weighted by molar-refractivity contribution is 0.0748. The molecule has 0 aliphatic carbocycles. The summed E-state index contributed by atoms with van der Waals surface area (Å²) in [4.78, 5) is 17.4. The number of nitrogens with zero attached hydrogens (tertiary/aromatic N) is 2. The Bertz CT molecular complexity index is 1220. The summed E-state index contributed by atoms with van der Waals surface area (Å²) in [7, 11) is -3.80. The summed E-state index contributed by atoms with van der Waals surface area (Å²) in [6.07, 6.45) is 0. The zero-order valence-corrected chi connectivity index (χ0v) is 19.2. The molecule has 32 heavy (non-hydrogen) atoms. The van der Waals surface area contributed by atoms with Crippen LogP contribution in [0.3, 0.4) is 0 Å². The molecule has 166 valence electrons. The van der Waals surface area contributed by atoms with Crippen molar-refractivity contribution in [2.24, 2.45) is 0 Å². The average Bonchev–Trinajstić information content (AvgIpc) is 2.81. The number of anilines is 2. The number of para-hydroxylation sites is 1. The number of rotatable bonds is 5. The van der Waals surface area contributed by atoms with Gasteiger partial charge in [0.15, 0.2) is 0 Å². The third-order valence-electron chi connectivity index (χ3n) is 5.53. The van der Waals surface area contributed by atoms with Crippen molar-refractivity contribution in [3.05, 3.63) is 88.9 Å². The third-order valence-corrected chi connectivity index (χ3v) is 7.15. The molecule has 1 saturated heterocycles. The van der Waals surface area contributed by atoms with E-state index in [-0.39, 0.29) is 16.5 Å². The van der Waals surface area contributed by atoms with Gasteiger partial charge in [-0.3, -0.25) is 9.52 Å². The molecule has 0 unspecified atom stereocenters. The van der Waals surface area contributed by atoms with Crippen LogP contribution in [-0.4, -0.2) is 45.4 Å². The van der Waals surface area contributed by atoms with Crippen LogP contribution in [-0.2, 0) is 10.0 Å². The molecule has 0 aromatic heterocycles. The number of carbonyl (C=O) groups is 1. The van der Waals surface area contributed by atoms with Crippen LogP contribution in [0.25, 0.3) is 0 Å². The number of amides is 1. The van der Waals surface area contributed by atoms with E-state index in [1.54, 1.807) is 47.4 Å². The molecule has 3 aromatic rings. The van der Waals surface area contributed by atoms with Crippen molar-refractivity contribution in [1.29, 1.82) is 0 Å². The number of hydrogen-bond donors (Lipinski definition) is 1. The Morgan fingerprint density at radius 3 is 2.28 bits per heavy atom. The highest BCUT2D eigenvalue weighted by atomic mass is 35.5. The summed E-state index contributed by atoms with van der Waals surface area (Å²) >= 11 is 6.16. The van der Waals surface area contributed by atoms with E-state index in [4.69, 9.17) is 11.6 Å². The van der Waals surface area contributed by atoms with Crippen LogP contribution >= 0.6 is 11.6 Å². The Morgan fingerprint density at radius 1 is 0.906 bits per heavy atom. The van der Waals surface area contributed by atoms with Crippen LogP contribution in [0.5, 0.6) is 0 Å². The highest BCUT2D eigenvalue weighted by molar-refractivity contribution is 7.92. The average molecular weight is 470 g/mol. The van der Waals surface area contributed by atoms with Gasteiger partial charge in [-0.25, -0.2) is 8.42 Å². The van der Waals surface area contributed by atoms with Crippen molar-refractivity contribution in [3.63, 3.8) is 0 Å². The first kappa shape index (κ1) is 22.2. The van der Waals surface area contributed by atoms with Crippen molar-refractivity contribution in [3.8, 4) is 0 Å². The Balaban J connectivity index is 1.50. The summed E-state index contributed by atoms with van der Waals surface area (Å²) < 4.78 is 28.1. The normalized spacial score (nSPS) is 14.3. The molecule has 0 atom stereocenters. The molecule has 0 spiro atoms. The highest BCUT2D eigenvalue weighted by Gasteiger charge is 2.26. The number of nitrogens with one attached hydrogen (secondary N) is 1. The Hall–Kier alpha value is -3.03. The molecular weight excluding hydrogens is 446 g/mol. The van der Waals surface area contributed by atoms with Crippen molar-refractivity contribution in [2.75, 3.05) is 35.8 Å². The summed E-state index contributed by atoms with van der Waals surface area (Å²) in [5.74, 6) is -0.196. The first-order valence-corrected chi connectivity index (χ1v) is 12.2. The molecule has 1 amide bonds. The smallest absolute Gasteiger partial charge is 0.261 e. The molecular formula is C24H24ClN3O3S. The minimum atomic E-state index is -3.80. The lowest BCUT2D eigenvalue weighted by Gasteiger charge is -2.37. The van der Waals surface area contributed by atoms with Gasteiger partial charge in [0.2, 0.25) is 0 Å². The van der Waals surface area contributed by atoms with Crippen molar-refractivity contribution in [1.82, 2.24) is 4.90 Å². The Kier molecular flexibility index (Phi) is 6.39. The lowest BCUT2D eigenvalue weighted by Crippen LogP contribution is -2.49. The minimum absolute atomic E-state index is 0.146. The first-order valence-electron chi connectivity index (χ1n) is 10.3. The number of aryl methyl sites for hydroxylation is 1. The van der Waals surface area contributed by atoms with Crippen LogP contribution in [0.15, 0.2) is 77.7 Å². The zero-order valence-electron chi connectivity index (χ0n) is 17.7. The molecule has 0 bridgehead atoms. The third kappa shape index (κ3) is 4.74. The molecule has 4 rings (SSSR count). The number of halogens is 1. The van der Waals surface area contributed by atoms with Gasteiger partial charge in [0, 0.05) is 36.9 Å². The maximum absolute atomic E-state index is 13.3. The van der Waals surface area contributed by atoms with Gasteiger partial charge in [0.05, 0.1) is 16.1 Å². The van der Waals surface area contributed by atoms with Crippen LogP contribution in [0.1, 0.15) is 15.9 Å². The van der Waals surface area contributed by atoms with Crippen LogP contribution in [0, 0.1) is 6.92 Å². The summed E-state index contributed by atoms with van der Waals surface area (Å²) in [6.45, 7) is 4.45. The lowest BCUT2D eigenvalue weighted by atomic mass is 10.1. The Morgan fingerprint density at radius 2 is 1.56 bits per heavy atom. The van der Waals surface area contributed by atoms with E-state index < -0.39 is 10.0 Å². The monoisotopic (exact) mass is 469 g/mol. The summed E-state index contributed by atoms with van der Waals surface area (Å²) in [5, 5.41) is 0.684. The molecule has 3 aromatic carbocycles. The van der Waals surface area contributed by atoms with Crippen molar-refractivity contribution in [2.45, 2.75) is 11.8 Å². The molecule has 1 fully saturated rings. The zero-order chi connectivity index (χ0) is 22.7. The largest absolute Gasteiger partial charge is 0.368 e. The number of benzene rings is 3. The van der Waals surface area contributed by atoms with Crippen molar-refractivity contribution >= 4 is 38.9 Å². The molecule has 1 N–H and O–H groups in total. The second kappa shape index (κ2) is 9.22. The Labute approximate surface area is 193 Å². The van der Waals surface area contributed by atoms with Crippen molar-refractivity contribution < 1.29 is 13.2 Å². The predicted octanol–water partition coefficient (Wildman–Crippen LogP) is 4.41. The highest BCUT2D eigenvalue weighted by Crippen LogP contribution is 2.27. The van der Waals surface area contributed by atoms with Gasteiger partial charge in [0.1, 0.15) is 0 Å². The van der Waals surface area contributed by atoms with E-state index in [1.165, 1.54) is 12.1 Å². The molecule has 6 nitrogen and oxygen atoms in total. The number of sulfonamides is 1. The minimum Gasteiger partial charge on any atom is -0.368 e. The van der Waals surface area contributed by atoms with Crippen LogP contribution in [0.4, 0.5) is 11.4 Å². The second-order valence-corrected chi connectivity index (χ2v) is 9.79. The van der Waals surface area contributed by atoms with Gasteiger partial charge >= 0.3 is 0 Å². The van der Waals surface area contributed by atoms with Gasteiger partial charge in [0.25, 0.3) is 15.9 Å². The first-order chi connectivity index (χ1) is 15.3. The fourth-order valence-corrected chi connectivity index (χ4v) is 5.07. The van der Waals surface area contributed by atoms with E-state index >= 15 is 0 Å². The molecule has 0 radical (unpaired) electrons. The van der Waals surface area contributed by atoms with Gasteiger partial charge in [-0.2, -0.15) is 0 Å². The molecule has 0 saturated carbocycles. The maximum Gasteiger partial charge on any atom is 0.261 e. The quantitative estimate of drug-likeness (QED) is 0.600. The second-order valence-electron chi connectivity index (χ2n) is 7.67. The summed E-state index contributed by atoms with van der Waals surface area (Å²) in [6, 6.07) is 20.6. The molecule has 1 aliphatic heterocycles. The number of piperazine rings is 1. The fourth-order valence-electron chi connectivity index (χ4n) is 3.81. The van der Waals surface area contributed by atoms with E-state index in [0.29, 0.717) is 36.8 Å². The number of carbonyl (C=O) groups excluding carboxylic acids is 1. The van der Waals surface area contributed by atoms with Crippen LogP contribution < -0.4 is 9.62 Å². The van der Waals surface area contributed by atoms with E-state index in [9.17, 15) is 13.2 Å². The van der Waals surface area contributed by atoms with E-state index in [0.717, 1.165) is 11.3 Å². The predicted molar refractivity (Wildman–Crippen MR) is 128 cm³/mol. The molecule has 8 heteroatoms. The van der Waals surface area contributed by atoms with Crippen LogP contribution in [0.2, 0.25) is 5.02 Å². The number of hydrogen-bond acceptors (Lipinski definition) is 4. The fraction of sp³-hybridized carbons (Fsp3) is 0.208. The van der Waals surface area contributed by atoms with Gasteiger partial charge < -0.3 is 9.80 Å². The molecule has 1 aliphatic rings. The summed E-state index contributed by atoms with van der Waals surface area (Å²) in [5.41, 5.74) is 2.81.